The van der Waals surface area contributed by atoms with Gasteiger partial charge >= 0.3 is 0 Å². The predicted molar refractivity (Wildman–Crippen MR) is 81.5 cm³/mol. The lowest BCUT2D eigenvalue weighted by Gasteiger charge is -2.28. The average Bonchev–Trinajstić information content (AvgIpc) is 3.03. The van der Waals surface area contributed by atoms with Crippen molar-refractivity contribution in [2.24, 2.45) is 17.8 Å². The fourth-order valence-electron chi connectivity index (χ4n) is 4.46. The number of rotatable bonds is 5. The topological polar surface area (TPSA) is 37.8 Å². The van der Waals surface area contributed by atoms with Crippen molar-refractivity contribution in [2.75, 3.05) is 6.54 Å². The van der Waals surface area contributed by atoms with E-state index in [0.717, 1.165) is 35.7 Å². The third-order valence-electron chi connectivity index (χ3n) is 5.39. The van der Waals surface area contributed by atoms with Gasteiger partial charge in [-0.25, -0.2) is 0 Å². The van der Waals surface area contributed by atoms with E-state index in [-0.39, 0.29) is 0 Å². The van der Waals surface area contributed by atoms with Crippen LogP contribution in [-0.2, 0) is 0 Å². The SMILES string of the molecule is CCNC(CC1CC2CCC1C2)c1cc(C)nnc1C. The molecule has 2 bridgehead atoms. The van der Waals surface area contributed by atoms with E-state index in [1.807, 2.05) is 6.92 Å². The smallest absolute Gasteiger partial charge is 0.0648 e. The Hall–Kier alpha value is -0.960. The summed E-state index contributed by atoms with van der Waals surface area (Å²) in [5, 5.41) is 12.2. The fraction of sp³-hybridized carbons (Fsp3) is 0.765. The van der Waals surface area contributed by atoms with Gasteiger partial charge in [-0.3, -0.25) is 0 Å². The van der Waals surface area contributed by atoms with E-state index in [1.54, 1.807) is 0 Å². The highest BCUT2D eigenvalue weighted by atomic mass is 15.1. The molecule has 1 heterocycles. The lowest BCUT2D eigenvalue weighted by molar-refractivity contribution is 0.280. The molecule has 1 N–H and O–H groups in total. The first-order valence-corrected chi connectivity index (χ1v) is 8.21. The van der Waals surface area contributed by atoms with Gasteiger partial charge in [0.1, 0.15) is 0 Å². The quantitative estimate of drug-likeness (QED) is 0.891. The third kappa shape index (κ3) is 2.73. The van der Waals surface area contributed by atoms with Gasteiger partial charge in [-0.15, -0.1) is 0 Å². The highest BCUT2D eigenvalue weighted by Crippen LogP contribution is 2.51. The van der Waals surface area contributed by atoms with Crippen molar-refractivity contribution in [3.63, 3.8) is 0 Å². The summed E-state index contributed by atoms with van der Waals surface area (Å²) in [7, 11) is 0. The molecule has 1 aromatic heterocycles. The standard InChI is InChI=1S/C17H27N3/c1-4-18-17(16-7-11(2)19-20-12(16)3)10-15-9-13-5-6-14(15)8-13/h7,13-15,17-18H,4-6,8-10H2,1-3H3. The molecule has 3 nitrogen and oxygen atoms in total. The Kier molecular flexibility index (Phi) is 4.06. The summed E-state index contributed by atoms with van der Waals surface area (Å²) in [5.41, 5.74) is 3.48. The molecular formula is C17H27N3. The number of fused-ring (bicyclic) bond motifs is 2. The molecule has 2 aliphatic rings. The van der Waals surface area contributed by atoms with E-state index in [2.05, 4.69) is 35.4 Å². The van der Waals surface area contributed by atoms with Crippen molar-refractivity contribution in [3.05, 3.63) is 23.0 Å². The lowest BCUT2D eigenvalue weighted by Crippen LogP contribution is -2.26. The summed E-state index contributed by atoms with van der Waals surface area (Å²) in [6.45, 7) is 7.35. The van der Waals surface area contributed by atoms with Gasteiger partial charge in [0.25, 0.3) is 0 Å². The van der Waals surface area contributed by atoms with Gasteiger partial charge in [0.15, 0.2) is 0 Å². The van der Waals surface area contributed by atoms with Gasteiger partial charge in [-0.05, 0) is 75.5 Å². The third-order valence-corrected chi connectivity index (χ3v) is 5.39. The molecule has 0 radical (unpaired) electrons. The summed E-state index contributed by atoms with van der Waals surface area (Å²) in [5.74, 6) is 2.95. The number of hydrogen-bond donors (Lipinski definition) is 1. The van der Waals surface area contributed by atoms with Crippen LogP contribution in [0.3, 0.4) is 0 Å². The molecule has 3 rings (SSSR count). The van der Waals surface area contributed by atoms with Crippen LogP contribution in [0, 0.1) is 31.6 Å². The Labute approximate surface area is 122 Å². The first kappa shape index (κ1) is 14.0. The molecule has 0 spiro atoms. The maximum Gasteiger partial charge on any atom is 0.0648 e. The molecule has 0 aromatic carbocycles. The minimum absolute atomic E-state index is 0.457. The zero-order chi connectivity index (χ0) is 14.1. The summed E-state index contributed by atoms with van der Waals surface area (Å²) < 4.78 is 0. The molecular weight excluding hydrogens is 246 g/mol. The van der Waals surface area contributed by atoms with Crippen molar-refractivity contribution in [1.29, 1.82) is 0 Å². The second kappa shape index (κ2) is 5.80. The minimum atomic E-state index is 0.457. The van der Waals surface area contributed by atoms with Gasteiger partial charge in [-0.2, -0.15) is 10.2 Å². The predicted octanol–water partition coefficient (Wildman–Crippen LogP) is 3.57. The van der Waals surface area contributed by atoms with Crippen LogP contribution < -0.4 is 5.32 Å². The molecule has 1 aromatic rings. The normalized spacial score (nSPS) is 29.9. The number of hydrogen-bond acceptors (Lipinski definition) is 3. The maximum absolute atomic E-state index is 4.31. The van der Waals surface area contributed by atoms with Crippen LogP contribution in [0.25, 0.3) is 0 Å². The number of aromatic nitrogens is 2. The molecule has 0 amide bonds. The molecule has 0 saturated heterocycles. The van der Waals surface area contributed by atoms with Crippen molar-refractivity contribution in [1.82, 2.24) is 15.5 Å². The summed E-state index contributed by atoms with van der Waals surface area (Å²) in [6, 6.07) is 2.68. The molecule has 2 aliphatic carbocycles. The zero-order valence-corrected chi connectivity index (χ0v) is 13.0. The van der Waals surface area contributed by atoms with E-state index < -0.39 is 0 Å². The Morgan fingerprint density at radius 2 is 2.10 bits per heavy atom. The van der Waals surface area contributed by atoms with Crippen LogP contribution in [0.4, 0.5) is 0 Å². The second-order valence-corrected chi connectivity index (χ2v) is 6.81. The zero-order valence-electron chi connectivity index (χ0n) is 13.0. The van der Waals surface area contributed by atoms with Crippen LogP contribution in [0.5, 0.6) is 0 Å². The van der Waals surface area contributed by atoms with E-state index >= 15 is 0 Å². The Bertz CT molecular complexity index is 471. The average molecular weight is 273 g/mol. The second-order valence-electron chi connectivity index (χ2n) is 6.81. The molecule has 2 fully saturated rings. The van der Waals surface area contributed by atoms with Crippen LogP contribution in [-0.4, -0.2) is 16.7 Å². The summed E-state index contributed by atoms with van der Waals surface area (Å²) in [4.78, 5) is 0. The number of nitrogens with zero attached hydrogens (tertiary/aromatic N) is 2. The highest BCUT2D eigenvalue weighted by molar-refractivity contribution is 5.24. The van der Waals surface area contributed by atoms with Crippen molar-refractivity contribution < 1.29 is 0 Å². The Balaban J connectivity index is 1.76. The van der Waals surface area contributed by atoms with Gasteiger partial charge in [0, 0.05) is 6.04 Å². The Morgan fingerprint density at radius 3 is 2.75 bits per heavy atom. The highest BCUT2D eigenvalue weighted by Gasteiger charge is 2.40. The molecule has 2 saturated carbocycles. The minimum Gasteiger partial charge on any atom is -0.310 e. The van der Waals surface area contributed by atoms with Crippen molar-refractivity contribution in [2.45, 2.75) is 58.9 Å². The van der Waals surface area contributed by atoms with Crippen LogP contribution in [0.15, 0.2) is 6.07 Å². The van der Waals surface area contributed by atoms with Crippen LogP contribution in [0.1, 0.15) is 62.0 Å². The van der Waals surface area contributed by atoms with Crippen LogP contribution >= 0.6 is 0 Å². The van der Waals surface area contributed by atoms with Gasteiger partial charge in [0.05, 0.1) is 11.4 Å². The van der Waals surface area contributed by atoms with E-state index in [4.69, 9.17) is 0 Å². The summed E-state index contributed by atoms with van der Waals surface area (Å²) in [6.07, 6.45) is 7.20. The van der Waals surface area contributed by atoms with Gasteiger partial charge < -0.3 is 5.32 Å². The van der Waals surface area contributed by atoms with E-state index in [9.17, 15) is 0 Å². The molecule has 3 heteroatoms. The molecule has 20 heavy (non-hydrogen) atoms. The number of nitrogens with one attached hydrogen (secondary N) is 1. The van der Waals surface area contributed by atoms with Gasteiger partial charge in [-0.1, -0.05) is 13.3 Å². The molecule has 4 unspecified atom stereocenters. The fourth-order valence-corrected chi connectivity index (χ4v) is 4.46. The van der Waals surface area contributed by atoms with Crippen LogP contribution in [0.2, 0.25) is 0 Å². The van der Waals surface area contributed by atoms with Crippen molar-refractivity contribution >= 4 is 0 Å². The molecule has 110 valence electrons. The summed E-state index contributed by atoms with van der Waals surface area (Å²) >= 11 is 0. The first-order chi connectivity index (χ1) is 9.67. The molecule has 0 aliphatic heterocycles. The first-order valence-electron chi connectivity index (χ1n) is 8.21. The van der Waals surface area contributed by atoms with Crippen molar-refractivity contribution in [3.8, 4) is 0 Å². The van der Waals surface area contributed by atoms with Gasteiger partial charge in [0.2, 0.25) is 0 Å². The Morgan fingerprint density at radius 1 is 1.25 bits per heavy atom. The largest absolute Gasteiger partial charge is 0.310 e. The lowest BCUT2D eigenvalue weighted by atomic mass is 9.82. The molecule has 4 atom stereocenters. The maximum atomic E-state index is 4.31. The number of aryl methyl sites for hydroxylation is 2. The van der Waals surface area contributed by atoms with E-state index in [0.29, 0.717) is 6.04 Å². The monoisotopic (exact) mass is 273 g/mol. The van der Waals surface area contributed by atoms with E-state index in [1.165, 1.54) is 37.7 Å².